The first-order chi connectivity index (χ1) is 12.1. The van der Waals surface area contributed by atoms with Crippen LogP contribution in [0.15, 0.2) is 91.0 Å². The molecule has 0 spiro atoms. The Morgan fingerprint density at radius 1 is 0.680 bits per heavy atom. The minimum atomic E-state index is -3.06. The summed E-state index contributed by atoms with van der Waals surface area (Å²) in [6.45, 7) is 0. The van der Waals surface area contributed by atoms with E-state index in [2.05, 4.69) is 0 Å². The molecule has 128 valence electrons. The lowest BCUT2D eigenvalue weighted by Crippen LogP contribution is -2.29. The molecule has 0 amide bonds. The van der Waals surface area contributed by atoms with Gasteiger partial charge in [0.1, 0.15) is 13.2 Å². The molecule has 3 aromatic rings. The van der Waals surface area contributed by atoms with Crippen LogP contribution in [-0.4, -0.2) is 22.5 Å². The molecule has 3 nitrogen and oxygen atoms in total. The lowest BCUT2D eigenvalue weighted by Gasteiger charge is -2.25. The third kappa shape index (κ3) is 3.91. The minimum absolute atomic E-state index is 0.0168. The Labute approximate surface area is 148 Å². The topological polar surface area (TPSA) is 57.5 Å². The van der Waals surface area contributed by atoms with Crippen LogP contribution in [0.25, 0.3) is 0 Å². The summed E-state index contributed by atoms with van der Waals surface area (Å²) < 4.78 is 13.9. The Morgan fingerprint density at radius 3 is 1.52 bits per heavy atom. The number of hydrogen-bond acceptors (Lipinski definition) is 3. The number of rotatable bonds is 6. The Bertz CT molecular complexity index is 791. The molecule has 3 aromatic carbocycles. The van der Waals surface area contributed by atoms with E-state index in [4.69, 9.17) is 0 Å². The zero-order valence-electron chi connectivity index (χ0n) is 13.8. The maximum atomic E-state index is 13.9. The summed E-state index contributed by atoms with van der Waals surface area (Å²) in [6.07, 6.45) is -2.23. The smallest absolute Gasteiger partial charge is 0.145 e. The maximum Gasteiger partial charge on any atom is 0.145 e. The molecule has 0 radical (unpaired) electrons. The Balaban J connectivity index is 1.95. The molecule has 2 N–H and O–H groups in total. The van der Waals surface area contributed by atoms with E-state index >= 15 is 0 Å². The monoisotopic (exact) mass is 352 g/mol. The fourth-order valence-electron chi connectivity index (χ4n) is 2.93. The van der Waals surface area contributed by atoms with Gasteiger partial charge in [-0.15, -0.1) is 0 Å². The van der Waals surface area contributed by atoms with E-state index in [1.807, 2.05) is 66.7 Å². The maximum absolute atomic E-state index is 13.9. The van der Waals surface area contributed by atoms with Gasteiger partial charge in [-0.25, -0.2) is 0 Å². The van der Waals surface area contributed by atoms with Gasteiger partial charge in [0.2, 0.25) is 0 Å². The standard InChI is InChI=1S/C21H21O3P/c22-20(21(23)17-10-4-1-5-11-17)16-25(24,18-12-6-2-7-13-18)19-14-8-3-9-15-19/h1-15,20-23H,16H2/t20-,21-/m1/s1. The van der Waals surface area contributed by atoms with Gasteiger partial charge in [0.15, 0.2) is 0 Å². The van der Waals surface area contributed by atoms with E-state index in [-0.39, 0.29) is 6.16 Å². The van der Waals surface area contributed by atoms with Crippen LogP contribution < -0.4 is 10.6 Å². The van der Waals surface area contributed by atoms with Crippen molar-refractivity contribution in [2.75, 3.05) is 6.16 Å². The summed E-state index contributed by atoms with van der Waals surface area (Å²) in [4.78, 5) is 0. The molecule has 0 aliphatic heterocycles. The van der Waals surface area contributed by atoms with E-state index in [1.54, 1.807) is 24.3 Å². The molecular weight excluding hydrogens is 331 g/mol. The van der Waals surface area contributed by atoms with Crippen molar-refractivity contribution in [1.82, 2.24) is 0 Å². The van der Waals surface area contributed by atoms with Crippen molar-refractivity contribution in [3.05, 3.63) is 96.6 Å². The Kier molecular flexibility index (Phi) is 5.50. The lowest BCUT2D eigenvalue weighted by atomic mass is 10.1. The van der Waals surface area contributed by atoms with Gasteiger partial charge in [0, 0.05) is 16.8 Å². The quantitative estimate of drug-likeness (QED) is 0.670. The van der Waals surface area contributed by atoms with Gasteiger partial charge in [-0.05, 0) is 5.56 Å². The highest BCUT2D eigenvalue weighted by Gasteiger charge is 2.33. The number of aliphatic hydroxyl groups excluding tert-OH is 2. The van der Waals surface area contributed by atoms with E-state index in [0.29, 0.717) is 16.2 Å². The SMILES string of the molecule is O=P(C[C@@H](O)[C@H](O)c1ccccc1)(c1ccccc1)c1ccccc1. The molecule has 0 heterocycles. The molecule has 25 heavy (non-hydrogen) atoms. The van der Waals surface area contributed by atoms with Crippen molar-refractivity contribution in [3.63, 3.8) is 0 Å². The molecule has 2 atom stereocenters. The molecule has 0 saturated heterocycles. The summed E-state index contributed by atoms with van der Waals surface area (Å²) in [5.74, 6) is 0. The molecule has 0 aromatic heterocycles. The number of aliphatic hydroxyl groups is 2. The van der Waals surface area contributed by atoms with Crippen LogP contribution in [0.1, 0.15) is 11.7 Å². The second kappa shape index (κ2) is 7.79. The largest absolute Gasteiger partial charge is 0.390 e. The predicted octanol–water partition coefficient (Wildman–Crippen LogP) is 3.10. The van der Waals surface area contributed by atoms with Crippen LogP contribution in [0.5, 0.6) is 0 Å². The molecule has 0 aliphatic carbocycles. The first-order valence-electron chi connectivity index (χ1n) is 8.22. The third-order valence-electron chi connectivity index (χ3n) is 4.30. The molecule has 0 bridgehead atoms. The predicted molar refractivity (Wildman–Crippen MR) is 102 cm³/mol. The van der Waals surface area contributed by atoms with Crippen LogP contribution in [0.2, 0.25) is 0 Å². The highest BCUT2D eigenvalue weighted by atomic mass is 31.2. The molecule has 0 unspecified atom stereocenters. The van der Waals surface area contributed by atoms with Gasteiger partial charge in [0.25, 0.3) is 0 Å². The normalized spacial score (nSPS) is 14.0. The Hall–Kier alpha value is -2.19. The van der Waals surface area contributed by atoms with Gasteiger partial charge in [-0.1, -0.05) is 91.0 Å². The molecule has 3 rings (SSSR count). The van der Waals surface area contributed by atoms with E-state index < -0.39 is 19.3 Å². The van der Waals surface area contributed by atoms with Crippen molar-refractivity contribution >= 4 is 17.8 Å². The fraction of sp³-hybridized carbons (Fsp3) is 0.143. The zero-order chi connectivity index (χ0) is 17.7. The van der Waals surface area contributed by atoms with E-state index in [1.165, 1.54) is 0 Å². The molecular formula is C21H21O3P. The second-order valence-corrected chi connectivity index (χ2v) is 8.89. The van der Waals surface area contributed by atoms with Gasteiger partial charge >= 0.3 is 0 Å². The average Bonchev–Trinajstić information content (AvgIpc) is 2.69. The number of hydrogen-bond donors (Lipinski definition) is 2. The van der Waals surface area contributed by atoms with E-state index in [0.717, 1.165) is 0 Å². The van der Waals surface area contributed by atoms with Gasteiger partial charge < -0.3 is 14.8 Å². The van der Waals surface area contributed by atoms with Crippen molar-refractivity contribution in [2.45, 2.75) is 12.2 Å². The zero-order valence-corrected chi connectivity index (χ0v) is 14.7. The summed E-state index contributed by atoms with van der Waals surface area (Å²) >= 11 is 0. The summed E-state index contributed by atoms with van der Waals surface area (Å²) in [5.41, 5.74) is 0.614. The van der Waals surface area contributed by atoms with Crippen LogP contribution >= 0.6 is 7.14 Å². The van der Waals surface area contributed by atoms with Crippen LogP contribution in [0.3, 0.4) is 0 Å². The second-order valence-electron chi connectivity index (χ2n) is 6.02. The van der Waals surface area contributed by atoms with Crippen LogP contribution in [0, 0.1) is 0 Å². The summed E-state index contributed by atoms with van der Waals surface area (Å²) in [5, 5.41) is 22.4. The van der Waals surface area contributed by atoms with Crippen molar-refractivity contribution in [2.24, 2.45) is 0 Å². The van der Waals surface area contributed by atoms with Crippen molar-refractivity contribution in [3.8, 4) is 0 Å². The van der Waals surface area contributed by atoms with E-state index in [9.17, 15) is 14.8 Å². The first kappa shape index (κ1) is 17.6. The molecule has 0 aliphatic rings. The highest BCUT2D eigenvalue weighted by molar-refractivity contribution is 7.78. The third-order valence-corrected chi connectivity index (χ3v) is 7.45. The summed E-state index contributed by atoms with van der Waals surface area (Å²) in [7, 11) is -3.06. The minimum Gasteiger partial charge on any atom is -0.390 e. The average molecular weight is 352 g/mol. The van der Waals surface area contributed by atoms with Crippen molar-refractivity contribution < 1.29 is 14.8 Å². The highest BCUT2D eigenvalue weighted by Crippen LogP contribution is 2.45. The number of benzene rings is 3. The van der Waals surface area contributed by atoms with Crippen LogP contribution in [-0.2, 0) is 4.57 Å². The van der Waals surface area contributed by atoms with Gasteiger partial charge in [0.05, 0.1) is 6.10 Å². The Morgan fingerprint density at radius 2 is 1.08 bits per heavy atom. The lowest BCUT2D eigenvalue weighted by molar-refractivity contribution is 0.0325. The van der Waals surface area contributed by atoms with Gasteiger partial charge in [-0.3, -0.25) is 0 Å². The van der Waals surface area contributed by atoms with Crippen LogP contribution in [0.4, 0.5) is 0 Å². The van der Waals surface area contributed by atoms with Gasteiger partial charge in [-0.2, -0.15) is 0 Å². The molecule has 0 fully saturated rings. The molecule has 0 saturated carbocycles. The summed E-state index contributed by atoms with van der Waals surface area (Å²) in [6, 6.07) is 27.3. The first-order valence-corrected chi connectivity index (χ1v) is 10.1. The van der Waals surface area contributed by atoms with Crippen molar-refractivity contribution in [1.29, 1.82) is 0 Å². The molecule has 4 heteroatoms. The fourth-order valence-corrected chi connectivity index (χ4v) is 5.69.